The molecule has 1 fully saturated rings. The van der Waals surface area contributed by atoms with E-state index in [9.17, 15) is 0 Å². The first kappa shape index (κ1) is 14.0. The van der Waals surface area contributed by atoms with Crippen LogP contribution in [0.2, 0.25) is 0 Å². The third kappa shape index (κ3) is 2.81. The second-order valence-electron chi connectivity index (χ2n) is 5.13. The molecule has 0 spiro atoms. The van der Waals surface area contributed by atoms with E-state index in [1.165, 1.54) is 11.3 Å². The summed E-state index contributed by atoms with van der Waals surface area (Å²) >= 11 is 3.06. The van der Waals surface area contributed by atoms with Gasteiger partial charge in [-0.15, -0.1) is 5.10 Å². The van der Waals surface area contributed by atoms with E-state index < -0.39 is 0 Å². The summed E-state index contributed by atoms with van der Waals surface area (Å²) in [6.45, 7) is 1.60. The Morgan fingerprint density at radius 3 is 3.05 bits per heavy atom. The predicted octanol–water partition coefficient (Wildman–Crippen LogP) is 2.97. The zero-order valence-corrected chi connectivity index (χ0v) is 13.4. The Balaban J connectivity index is 1.53. The number of anilines is 1. The first-order valence-electron chi connectivity index (χ1n) is 7.11. The minimum atomic E-state index is 0.402. The first-order chi connectivity index (χ1) is 10.8. The Kier molecular flexibility index (Phi) is 3.73. The molecule has 1 saturated heterocycles. The minimum absolute atomic E-state index is 0.402. The molecule has 0 atom stereocenters. The smallest absolute Gasteiger partial charge is 0.213 e. The largest absolute Gasteiger partial charge is 0.381 e. The molecule has 0 saturated carbocycles. The van der Waals surface area contributed by atoms with Crippen molar-refractivity contribution in [2.45, 2.75) is 28.9 Å². The lowest BCUT2D eigenvalue weighted by Crippen LogP contribution is -2.19. The molecule has 0 bridgehead atoms. The summed E-state index contributed by atoms with van der Waals surface area (Å²) in [6.07, 6.45) is 3.82. The topological polar surface area (TPSA) is 78.8 Å². The van der Waals surface area contributed by atoms with Gasteiger partial charge in [-0.3, -0.25) is 0 Å². The number of ether oxygens (including phenoxy) is 1. The second-order valence-corrected chi connectivity index (χ2v) is 7.24. The van der Waals surface area contributed by atoms with Crippen molar-refractivity contribution in [3.05, 3.63) is 24.5 Å². The molecule has 1 aromatic carbocycles. The lowest BCUT2D eigenvalue weighted by Gasteiger charge is -2.21. The van der Waals surface area contributed by atoms with Gasteiger partial charge in [-0.25, -0.2) is 14.6 Å². The molecule has 2 aromatic heterocycles. The fourth-order valence-corrected chi connectivity index (χ4v) is 4.13. The summed E-state index contributed by atoms with van der Waals surface area (Å²) in [7, 11) is 0. The fourth-order valence-electron chi connectivity index (χ4n) is 2.52. The molecule has 0 amide bonds. The Morgan fingerprint density at radius 2 is 2.18 bits per heavy atom. The quantitative estimate of drug-likeness (QED) is 0.794. The third-order valence-corrected chi connectivity index (χ3v) is 5.34. The SMILES string of the molecule is Nc1nc2ccc(Sc3ncn(C4CCOCC4)n3)cc2s1. The number of hydrogen-bond donors (Lipinski definition) is 1. The van der Waals surface area contributed by atoms with Gasteiger partial charge in [-0.1, -0.05) is 11.3 Å². The van der Waals surface area contributed by atoms with Crippen molar-refractivity contribution >= 4 is 38.4 Å². The molecule has 0 aliphatic carbocycles. The zero-order valence-electron chi connectivity index (χ0n) is 11.8. The van der Waals surface area contributed by atoms with E-state index in [1.807, 2.05) is 23.1 Å². The minimum Gasteiger partial charge on any atom is -0.381 e. The third-order valence-electron chi connectivity index (χ3n) is 3.64. The molecule has 114 valence electrons. The molecule has 1 aliphatic heterocycles. The van der Waals surface area contributed by atoms with Crippen LogP contribution in [-0.4, -0.2) is 33.0 Å². The number of nitrogen functional groups attached to an aromatic ring is 1. The fraction of sp³-hybridized carbons (Fsp3) is 0.357. The van der Waals surface area contributed by atoms with Crippen molar-refractivity contribution in [3.63, 3.8) is 0 Å². The van der Waals surface area contributed by atoms with E-state index in [-0.39, 0.29) is 0 Å². The van der Waals surface area contributed by atoms with Gasteiger partial charge in [0.2, 0.25) is 5.16 Å². The van der Waals surface area contributed by atoms with Crippen LogP contribution in [-0.2, 0) is 4.74 Å². The molecular weight excluding hydrogens is 318 g/mol. The van der Waals surface area contributed by atoms with Gasteiger partial charge in [-0.05, 0) is 42.8 Å². The molecule has 6 nitrogen and oxygen atoms in total. The van der Waals surface area contributed by atoms with E-state index in [4.69, 9.17) is 10.5 Å². The maximum absolute atomic E-state index is 5.74. The summed E-state index contributed by atoms with van der Waals surface area (Å²) in [5.41, 5.74) is 6.68. The highest BCUT2D eigenvalue weighted by Gasteiger charge is 2.17. The highest BCUT2D eigenvalue weighted by Crippen LogP contribution is 2.31. The average Bonchev–Trinajstić information content (AvgIpc) is 3.13. The molecule has 1 aliphatic rings. The van der Waals surface area contributed by atoms with Gasteiger partial charge < -0.3 is 10.5 Å². The molecule has 0 unspecified atom stereocenters. The molecule has 8 heteroatoms. The standard InChI is InChI=1S/C14H15N5OS2/c15-13-17-11-2-1-10(7-12(11)22-13)21-14-16-8-19(18-14)9-3-5-20-6-4-9/h1-2,7-9H,3-6H2,(H2,15,17). The maximum atomic E-state index is 5.74. The number of nitrogens with zero attached hydrogens (tertiary/aromatic N) is 4. The Hall–Kier alpha value is -1.64. The predicted molar refractivity (Wildman–Crippen MR) is 87.3 cm³/mol. The molecule has 3 heterocycles. The summed E-state index contributed by atoms with van der Waals surface area (Å²) in [6, 6.07) is 6.50. The number of aromatic nitrogens is 4. The van der Waals surface area contributed by atoms with Gasteiger partial charge in [-0.2, -0.15) is 0 Å². The second kappa shape index (κ2) is 5.86. The average molecular weight is 333 g/mol. The van der Waals surface area contributed by atoms with Crippen LogP contribution in [0.3, 0.4) is 0 Å². The molecule has 22 heavy (non-hydrogen) atoms. The van der Waals surface area contributed by atoms with Gasteiger partial charge in [0.05, 0.1) is 16.3 Å². The maximum Gasteiger partial charge on any atom is 0.213 e. The lowest BCUT2D eigenvalue weighted by molar-refractivity contribution is 0.0659. The van der Waals surface area contributed by atoms with Crippen molar-refractivity contribution in [3.8, 4) is 0 Å². The van der Waals surface area contributed by atoms with Crippen LogP contribution >= 0.6 is 23.1 Å². The van der Waals surface area contributed by atoms with Crippen LogP contribution in [0.25, 0.3) is 10.2 Å². The van der Waals surface area contributed by atoms with Crippen LogP contribution in [0.4, 0.5) is 5.13 Å². The molecule has 2 N–H and O–H groups in total. The molecular formula is C14H15N5OS2. The van der Waals surface area contributed by atoms with Crippen molar-refractivity contribution in [2.24, 2.45) is 0 Å². The Morgan fingerprint density at radius 1 is 1.32 bits per heavy atom. The highest BCUT2D eigenvalue weighted by molar-refractivity contribution is 7.99. The lowest BCUT2D eigenvalue weighted by atomic mass is 10.1. The van der Waals surface area contributed by atoms with Gasteiger partial charge in [0.1, 0.15) is 6.33 Å². The van der Waals surface area contributed by atoms with Gasteiger partial charge >= 0.3 is 0 Å². The Bertz CT molecular complexity index is 793. The number of fused-ring (bicyclic) bond motifs is 1. The van der Waals surface area contributed by atoms with Crippen LogP contribution in [0.1, 0.15) is 18.9 Å². The van der Waals surface area contributed by atoms with E-state index in [2.05, 4.69) is 21.1 Å². The number of hydrogen-bond acceptors (Lipinski definition) is 7. The summed E-state index contributed by atoms with van der Waals surface area (Å²) in [5, 5.41) is 5.95. The first-order valence-corrected chi connectivity index (χ1v) is 8.74. The molecule has 4 rings (SSSR count). The Labute approximate surface area is 135 Å². The van der Waals surface area contributed by atoms with E-state index in [1.54, 1.807) is 11.8 Å². The number of rotatable bonds is 3. The summed E-state index contributed by atoms with van der Waals surface area (Å²) < 4.78 is 8.44. The van der Waals surface area contributed by atoms with Crippen molar-refractivity contribution < 1.29 is 4.74 Å². The summed E-state index contributed by atoms with van der Waals surface area (Å²) in [5.74, 6) is 0. The summed E-state index contributed by atoms with van der Waals surface area (Å²) in [4.78, 5) is 9.77. The van der Waals surface area contributed by atoms with E-state index >= 15 is 0 Å². The van der Waals surface area contributed by atoms with Crippen LogP contribution in [0, 0.1) is 0 Å². The van der Waals surface area contributed by atoms with E-state index in [0.29, 0.717) is 11.2 Å². The van der Waals surface area contributed by atoms with Crippen molar-refractivity contribution in [1.82, 2.24) is 19.7 Å². The highest BCUT2D eigenvalue weighted by atomic mass is 32.2. The van der Waals surface area contributed by atoms with Gasteiger partial charge in [0.15, 0.2) is 5.13 Å². The molecule has 3 aromatic rings. The number of benzene rings is 1. The van der Waals surface area contributed by atoms with Crippen molar-refractivity contribution in [2.75, 3.05) is 18.9 Å². The van der Waals surface area contributed by atoms with Gasteiger partial charge in [0.25, 0.3) is 0 Å². The molecule has 0 radical (unpaired) electrons. The number of nitrogens with two attached hydrogens (primary N) is 1. The number of thiazole rings is 1. The van der Waals surface area contributed by atoms with E-state index in [0.717, 1.165) is 46.3 Å². The van der Waals surface area contributed by atoms with Crippen LogP contribution in [0.5, 0.6) is 0 Å². The van der Waals surface area contributed by atoms with Crippen LogP contribution in [0.15, 0.2) is 34.6 Å². The monoisotopic (exact) mass is 333 g/mol. The van der Waals surface area contributed by atoms with Crippen LogP contribution < -0.4 is 5.73 Å². The zero-order chi connectivity index (χ0) is 14.9. The van der Waals surface area contributed by atoms with Crippen molar-refractivity contribution in [1.29, 1.82) is 0 Å². The normalized spacial score (nSPS) is 16.4. The van der Waals surface area contributed by atoms with Gasteiger partial charge in [0, 0.05) is 18.1 Å².